The third kappa shape index (κ3) is 4.31. The Balaban J connectivity index is 1.80. The lowest BCUT2D eigenvalue weighted by Crippen LogP contribution is -2.34. The van der Waals surface area contributed by atoms with Crippen molar-refractivity contribution in [2.24, 2.45) is 5.10 Å². The first-order valence-corrected chi connectivity index (χ1v) is 6.77. The molecule has 0 atom stereocenters. The van der Waals surface area contributed by atoms with Gasteiger partial charge in [0.05, 0.1) is 19.0 Å². The van der Waals surface area contributed by atoms with Crippen LogP contribution in [0.15, 0.2) is 46.1 Å². The molecule has 0 aliphatic heterocycles. The number of rotatable bonds is 5. The summed E-state index contributed by atoms with van der Waals surface area (Å²) in [5, 5.41) is 6.26. The maximum atomic E-state index is 11.9. The molecule has 0 radical (unpaired) electrons. The van der Waals surface area contributed by atoms with E-state index in [9.17, 15) is 9.59 Å². The first-order valence-electron chi connectivity index (χ1n) is 6.77. The average Bonchev–Trinajstić information content (AvgIpc) is 3.01. The van der Waals surface area contributed by atoms with Crippen LogP contribution in [0.4, 0.5) is 0 Å². The zero-order valence-electron chi connectivity index (χ0n) is 12.4. The number of nitrogens with zero attached hydrogens (tertiary/aromatic N) is 1. The lowest BCUT2D eigenvalue weighted by molar-refractivity contribution is -0.120. The van der Waals surface area contributed by atoms with Crippen molar-refractivity contribution in [2.45, 2.75) is 13.8 Å². The zero-order valence-corrected chi connectivity index (χ0v) is 12.4. The second kappa shape index (κ2) is 7.21. The van der Waals surface area contributed by atoms with Gasteiger partial charge in [0.15, 0.2) is 0 Å². The van der Waals surface area contributed by atoms with E-state index in [2.05, 4.69) is 15.8 Å². The number of benzene rings is 1. The van der Waals surface area contributed by atoms with Gasteiger partial charge in [-0.1, -0.05) is 6.07 Å². The molecule has 2 aromatic rings. The van der Waals surface area contributed by atoms with Crippen LogP contribution in [-0.2, 0) is 4.79 Å². The van der Waals surface area contributed by atoms with Crippen molar-refractivity contribution < 1.29 is 14.0 Å². The van der Waals surface area contributed by atoms with Gasteiger partial charge >= 0.3 is 0 Å². The maximum Gasteiger partial charge on any atom is 0.259 e. The molecule has 1 aromatic heterocycles. The van der Waals surface area contributed by atoms with Crippen LogP contribution >= 0.6 is 0 Å². The molecule has 0 unspecified atom stereocenters. The summed E-state index contributed by atoms with van der Waals surface area (Å²) in [5.41, 5.74) is 4.97. The number of furan rings is 1. The molecule has 0 aliphatic rings. The fourth-order valence-electron chi connectivity index (χ4n) is 1.72. The SMILES string of the molecule is Cc1ccc(C(=O)NCC(=O)N/N=C/c2ccco2)cc1C. The van der Waals surface area contributed by atoms with Gasteiger partial charge in [0.1, 0.15) is 5.76 Å². The molecule has 22 heavy (non-hydrogen) atoms. The number of hydrogen-bond donors (Lipinski definition) is 2. The van der Waals surface area contributed by atoms with Crippen LogP contribution in [0.25, 0.3) is 0 Å². The monoisotopic (exact) mass is 299 g/mol. The van der Waals surface area contributed by atoms with Crippen molar-refractivity contribution in [3.05, 3.63) is 59.0 Å². The first kappa shape index (κ1) is 15.5. The van der Waals surface area contributed by atoms with Gasteiger partial charge in [-0.25, -0.2) is 5.43 Å². The van der Waals surface area contributed by atoms with Crippen molar-refractivity contribution in [1.29, 1.82) is 0 Å². The lowest BCUT2D eigenvalue weighted by atomic mass is 10.1. The molecule has 1 heterocycles. The van der Waals surface area contributed by atoms with Crippen molar-refractivity contribution in [3.63, 3.8) is 0 Å². The Morgan fingerprint density at radius 3 is 2.73 bits per heavy atom. The van der Waals surface area contributed by atoms with Crippen LogP contribution in [-0.4, -0.2) is 24.6 Å². The molecule has 6 heteroatoms. The Kier molecular flexibility index (Phi) is 5.08. The average molecular weight is 299 g/mol. The highest BCUT2D eigenvalue weighted by atomic mass is 16.3. The highest BCUT2D eigenvalue weighted by molar-refractivity contribution is 5.96. The summed E-state index contributed by atoms with van der Waals surface area (Å²) >= 11 is 0. The predicted molar refractivity (Wildman–Crippen MR) is 82.7 cm³/mol. The Morgan fingerprint density at radius 2 is 2.05 bits per heavy atom. The molecule has 0 saturated carbocycles. The molecule has 0 fully saturated rings. The molecule has 0 saturated heterocycles. The van der Waals surface area contributed by atoms with E-state index in [0.29, 0.717) is 11.3 Å². The third-order valence-corrected chi connectivity index (χ3v) is 3.10. The minimum atomic E-state index is -0.417. The van der Waals surface area contributed by atoms with E-state index >= 15 is 0 Å². The van der Waals surface area contributed by atoms with E-state index < -0.39 is 5.91 Å². The van der Waals surface area contributed by atoms with Crippen LogP contribution in [0.3, 0.4) is 0 Å². The number of hydrogen-bond acceptors (Lipinski definition) is 4. The molecule has 2 N–H and O–H groups in total. The van der Waals surface area contributed by atoms with Gasteiger partial charge in [-0.05, 0) is 49.2 Å². The van der Waals surface area contributed by atoms with E-state index in [1.165, 1.54) is 12.5 Å². The zero-order chi connectivity index (χ0) is 15.9. The van der Waals surface area contributed by atoms with Crippen LogP contribution in [0.1, 0.15) is 27.2 Å². The van der Waals surface area contributed by atoms with Gasteiger partial charge in [-0.3, -0.25) is 9.59 Å². The van der Waals surface area contributed by atoms with E-state index in [0.717, 1.165) is 11.1 Å². The Hall–Kier alpha value is -2.89. The number of aryl methyl sites for hydroxylation is 2. The minimum absolute atomic E-state index is 0.152. The van der Waals surface area contributed by atoms with Crippen molar-refractivity contribution in [3.8, 4) is 0 Å². The molecule has 0 bridgehead atoms. The van der Waals surface area contributed by atoms with Gasteiger partial charge in [-0.2, -0.15) is 5.10 Å². The second-order valence-electron chi connectivity index (χ2n) is 4.79. The quantitative estimate of drug-likeness (QED) is 0.652. The number of nitrogens with one attached hydrogen (secondary N) is 2. The van der Waals surface area contributed by atoms with E-state index in [-0.39, 0.29) is 12.5 Å². The fourth-order valence-corrected chi connectivity index (χ4v) is 1.72. The van der Waals surface area contributed by atoms with Crippen molar-refractivity contribution in [1.82, 2.24) is 10.7 Å². The van der Waals surface area contributed by atoms with E-state index in [1.54, 1.807) is 24.3 Å². The molecule has 2 amide bonds. The third-order valence-electron chi connectivity index (χ3n) is 3.10. The molecule has 0 spiro atoms. The Labute approximate surface area is 128 Å². The van der Waals surface area contributed by atoms with Gasteiger partial charge in [0.2, 0.25) is 0 Å². The van der Waals surface area contributed by atoms with E-state index in [4.69, 9.17) is 4.42 Å². The Bertz CT molecular complexity index is 691. The summed E-state index contributed by atoms with van der Waals surface area (Å²) < 4.78 is 5.02. The van der Waals surface area contributed by atoms with Crippen LogP contribution in [0, 0.1) is 13.8 Å². The van der Waals surface area contributed by atoms with Crippen molar-refractivity contribution >= 4 is 18.0 Å². The van der Waals surface area contributed by atoms with Gasteiger partial charge < -0.3 is 9.73 Å². The second-order valence-corrected chi connectivity index (χ2v) is 4.79. The summed E-state index contributed by atoms with van der Waals surface area (Å²) in [5.74, 6) is -0.187. The lowest BCUT2D eigenvalue weighted by Gasteiger charge is -2.06. The standard InChI is InChI=1S/C16H17N3O3/c1-11-5-6-13(8-12(11)2)16(21)17-10-15(20)19-18-9-14-4-3-7-22-14/h3-9H,10H2,1-2H3,(H,17,21)(H,19,20)/b18-9+. The topological polar surface area (TPSA) is 83.7 Å². The largest absolute Gasteiger partial charge is 0.463 e. The highest BCUT2D eigenvalue weighted by Gasteiger charge is 2.08. The van der Waals surface area contributed by atoms with Crippen LogP contribution < -0.4 is 10.7 Å². The van der Waals surface area contributed by atoms with E-state index in [1.807, 2.05) is 19.9 Å². The Morgan fingerprint density at radius 1 is 1.23 bits per heavy atom. The number of hydrazone groups is 1. The first-order chi connectivity index (χ1) is 10.6. The summed E-state index contributed by atoms with van der Waals surface area (Å²) in [4.78, 5) is 23.5. The molecule has 0 aliphatic carbocycles. The molecule has 2 rings (SSSR count). The van der Waals surface area contributed by atoms with Crippen LogP contribution in [0.5, 0.6) is 0 Å². The molecular weight excluding hydrogens is 282 g/mol. The van der Waals surface area contributed by atoms with Crippen LogP contribution in [0.2, 0.25) is 0 Å². The molecular formula is C16H17N3O3. The molecule has 6 nitrogen and oxygen atoms in total. The van der Waals surface area contributed by atoms with Gasteiger partial charge in [-0.15, -0.1) is 0 Å². The predicted octanol–water partition coefficient (Wildman–Crippen LogP) is 1.78. The summed E-state index contributed by atoms with van der Waals surface area (Å²) in [6.45, 7) is 3.75. The van der Waals surface area contributed by atoms with Gasteiger partial charge in [0, 0.05) is 5.56 Å². The summed E-state index contributed by atoms with van der Waals surface area (Å²) in [6, 6.07) is 8.81. The number of carbonyl (C=O) groups is 2. The summed E-state index contributed by atoms with van der Waals surface area (Å²) in [7, 11) is 0. The minimum Gasteiger partial charge on any atom is -0.463 e. The maximum absolute atomic E-state index is 11.9. The smallest absolute Gasteiger partial charge is 0.259 e. The number of amides is 2. The fraction of sp³-hybridized carbons (Fsp3) is 0.188. The highest BCUT2D eigenvalue weighted by Crippen LogP contribution is 2.09. The summed E-state index contributed by atoms with van der Waals surface area (Å²) in [6.07, 6.45) is 2.88. The molecule has 114 valence electrons. The number of carbonyl (C=O) groups excluding carboxylic acids is 2. The normalized spacial score (nSPS) is 10.6. The molecule has 1 aromatic carbocycles. The van der Waals surface area contributed by atoms with Crippen molar-refractivity contribution in [2.75, 3.05) is 6.54 Å². The van der Waals surface area contributed by atoms with Gasteiger partial charge in [0.25, 0.3) is 11.8 Å².